The van der Waals surface area contributed by atoms with Gasteiger partial charge in [-0.3, -0.25) is 0 Å². The first-order valence-corrected chi connectivity index (χ1v) is 7.46. The highest BCUT2D eigenvalue weighted by atomic mass is 16.2. The Labute approximate surface area is 125 Å². The molecule has 0 saturated carbocycles. The first kappa shape index (κ1) is 13.9. The number of benzene rings is 1. The van der Waals surface area contributed by atoms with Crippen LogP contribution in [0.4, 0.5) is 10.5 Å². The molecule has 0 aliphatic carbocycles. The molecule has 0 saturated heterocycles. The van der Waals surface area contributed by atoms with Crippen LogP contribution in [0.15, 0.2) is 23.2 Å². The minimum atomic E-state index is -0.219. The lowest BCUT2D eigenvalue weighted by molar-refractivity contribution is 0.199. The molecule has 2 heterocycles. The van der Waals surface area contributed by atoms with Crippen LogP contribution < -0.4 is 10.6 Å². The molecule has 2 N–H and O–H groups in total. The van der Waals surface area contributed by atoms with Gasteiger partial charge in [-0.05, 0) is 29.5 Å². The van der Waals surface area contributed by atoms with Crippen LogP contribution in [0.1, 0.15) is 31.0 Å². The smallest absolute Gasteiger partial charge is 0.346 e. The van der Waals surface area contributed by atoms with Gasteiger partial charge in [0.2, 0.25) is 0 Å². The third-order valence-electron chi connectivity index (χ3n) is 4.17. The number of carbonyl (C=O) groups is 1. The summed E-state index contributed by atoms with van der Waals surface area (Å²) in [5.74, 6) is 0.796. The van der Waals surface area contributed by atoms with Crippen molar-refractivity contribution in [2.45, 2.75) is 26.3 Å². The zero-order valence-electron chi connectivity index (χ0n) is 12.8. The molecule has 1 atom stereocenters. The monoisotopic (exact) mass is 286 g/mol. The lowest BCUT2D eigenvalue weighted by atomic mass is 10.0. The number of likely N-dealkylation sites (N-methyl/N-ethyl adjacent to an activating group) is 1. The summed E-state index contributed by atoms with van der Waals surface area (Å²) in [6.45, 7) is 5.90. The molecule has 0 spiro atoms. The van der Waals surface area contributed by atoms with Crippen molar-refractivity contribution in [1.29, 1.82) is 0 Å². The van der Waals surface area contributed by atoms with Crippen LogP contribution in [-0.4, -0.2) is 36.9 Å². The van der Waals surface area contributed by atoms with E-state index in [1.165, 1.54) is 11.3 Å². The fourth-order valence-corrected chi connectivity index (χ4v) is 3.19. The summed E-state index contributed by atoms with van der Waals surface area (Å²) >= 11 is 0. The highest BCUT2D eigenvalue weighted by molar-refractivity contribution is 6.03. The van der Waals surface area contributed by atoms with Gasteiger partial charge in [0.25, 0.3) is 0 Å². The maximum atomic E-state index is 12.0. The van der Waals surface area contributed by atoms with Crippen molar-refractivity contribution in [3.8, 4) is 0 Å². The Morgan fingerprint density at radius 1 is 1.43 bits per heavy atom. The number of amidine groups is 1. The summed E-state index contributed by atoms with van der Waals surface area (Å²) in [6, 6.07) is 5.94. The molecule has 0 fully saturated rings. The van der Waals surface area contributed by atoms with Crippen LogP contribution in [0.5, 0.6) is 0 Å². The zero-order chi connectivity index (χ0) is 15.1. The molecule has 5 nitrogen and oxygen atoms in total. The van der Waals surface area contributed by atoms with Gasteiger partial charge in [0.15, 0.2) is 0 Å². The number of carbonyl (C=O) groups excluding carboxylic acids is 1. The first-order chi connectivity index (χ1) is 9.97. The number of rotatable bonds is 3. The summed E-state index contributed by atoms with van der Waals surface area (Å²) in [5.41, 5.74) is 9.68. The molecule has 2 aliphatic rings. The van der Waals surface area contributed by atoms with Gasteiger partial charge in [-0.15, -0.1) is 0 Å². The number of nitrogens with two attached hydrogens (primary N) is 1. The van der Waals surface area contributed by atoms with E-state index in [1.807, 2.05) is 0 Å². The van der Waals surface area contributed by atoms with Gasteiger partial charge in [-0.2, -0.15) is 4.99 Å². The van der Waals surface area contributed by atoms with E-state index in [4.69, 9.17) is 5.73 Å². The minimum absolute atomic E-state index is 0.212. The van der Waals surface area contributed by atoms with Crippen molar-refractivity contribution < 1.29 is 4.79 Å². The van der Waals surface area contributed by atoms with Crippen molar-refractivity contribution in [3.05, 3.63) is 29.3 Å². The maximum Gasteiger partial charge on any atom is 0.346 e. The Bertz CT molecular complexity index is 608. The molecule has 0 aromatic heterocycles. The van der Waals surface area contributed by atoms with Crippen LogP contribution in [0.25, 0.3) is 0 Å². The SMILES string of the molecule is CC(C)CN1C(=O)N=C(N)C1c1ccc2c(c1)CCN2C. The lowest BCUT2D eigenvalue weighted by Crippen LogP contribution is -2.35. The molecule has 1 aromatic rings. The first-order valence-electron chi connectivity index (χ1n) is 7.46. The van der Waals surface area contributed by atoms with E-state index in [-0.39, 0.29) is 12.1 Å². The van der Waals surface area contributed by atoms with E-state index in [0.29, 0.717) is 18.3 Å². The second kappa shape index (κ2) is 5.06. The van der Waals surface area contributed by atoms with Crippen molar-refractivity contribution in [3.63, 3.8) is 0 Å². The van der Waals surface area contributed by atoms with Crippen molar-refractivity contribution >= 4 is 17.6 Å². The van der Waals surface area contributed by atoms with Crippen LogP contribution >= 0.6 is 0 Å². The predicted octanol–water partition coefficient (Wildman–Crippen LogP) is 2.17. The predicted molar refractivity (Wildman–Crippen MR) is 84.7 cm³/mol. The number of amides is 2. The number of urea groups is 1. The van der Waals surface area contributed by atoms with Gasteiger partial charge in [0.1, 0.15) is 11.9 Å². The van der Waals surface area contributed by atoms with E-state index >= 15 is 0 Å². The highest BCUT2D eigenvalue weighted by Gasteiger charge is 2.35. The second-order valence-electron chi connectivity index (χ2n) is 6.33. The number of nitrogens with zero attached hydrogens (tertiary/aromatic N) is 3. The van der Waals surface area contributed by atoms with Gasteiger partial charge < -0.3 is 15.5 Å². The molecular weight excluding hydrogens is 264 g/mol. The normalized spacial score (nSPS) is 21.2. The van der Waals surface area contributed by atoms with E-state index < -0.39 is 0 Å². The third kappa shape index (κ3) is 2.37. The largest absolute Gasteiger partial charge is 0.385 e. The van der Waals surface area contributed by atoms with Gasteiger partial charge in [-0.1, -0.05) is 26.0 Å². The van der Waals surface area contributed by atoms with Gasteiger partial charge >= 0.3 is 6.03 Å². The molecule has 2 aliphatic heterocycles. The fourth-order valence-electron chi connectivity index (χ4n) is 3.19. The van der Waals surface area contributed by atoms with Crippen LogP contribution in [0, 0.1) is 5.92 Å². The summed E-state index contributed by atoms with van der Waals surface area (Å²) < 4.78 is 0. The summed E-state index contributed by atoms with van der Waals surface area (Å²) in [4.78, 5) is 20.0. The van der Waals surface area contributed by atoms with Gasteiger partial charge in [0, 0.05) is 25.8 Å². The molecule has 1 unspecified atom stereocenters. The Morgan fingerprint density at radius 3 is 2.90 bits per heavy atom. The molecule has 2 amide bonds. The molecule has 5 heteroatoms. The lowest BCUT2D eigenvalue weighted by Gasteiger charge is -2.26. The molecular formula is C16H22N4O. The third-order valence-corrected chi connectivity index (χ3v) is 4.17. The van der Waals surface area contributed by atoms with Gasteiger partial charge in [-0.25, -0.2) is 4.79 Å². The van der Waals surface area contributed by atoms with Crippen molar-refractivity contribution in [1.82, 2.24) is 4.90 Å². The van der Waals surface area contributed by atoms with Crippen LogP contribution in [0.3, 0.4) is 0 Å². The number of hydrogen-bond donors (Lipinski definition) is 1. The van der Waals surface area contributed by atoms with E-state index in [9.17, 15) is 4.79 Å². The number of hydrogen-bond acceptors (Lipinski definition) is 3. The number of fused-ring (bicyclic) bond motifs is 1. The standard InChI is InChI=1S/C16H22N4O/c1-10(2)9-20-14(15(17)18-16(20)21)12-4-5-13-11(8-12)6-7-19(13)3/h4-5,8,10,14H,6-7,9H2,1-3H3,(H2,17,18,21). The summed E-state index contributed by atoms with van der Waals surface area (Å²) in [5, 5.41) is 0. The minimum Gasteiger partial charge on any atom is -0.385 e. The Kier molecular flexibility index (Phi) is 3.35. The number of anilines is 1. The molecule has 0 bridgehead atoms. The number of aliphatic imine (C=N–C) groups is 1. The van der Waals surface area contributed by atoms with E-state index in [2.05, 4.69) is 49.0 Å². The summed E-state index contributed by atoms with van der Waals surface area (Å²) in [7, 11) is 2.10. The maximum absolute atomic E-state index is 12.0. The van der Waals surface area contributed by atoms with Crippen molar-refractivity contribution in [2.24, 2.45) is 16.6 Å². The molecule has 3 rings (SSSR count). The molecule has 1 aromatic carbocycles. The van der Waals surface area contributed by atoms with Crippen molar-refractivity contribution in [2.75, 3.05) is 25.0 Å². The Morgan fingerprint density at radius 2 is 2.19 bits per heavy atom. The van der Waals surface area contributed by atoms with Crippen LogP contribution in [0.2, 0.25) is 0 Å². The molecule has 112 valence electrons. The summed E-state index contributed by atoms with van der Waals surface area (Å²) in [6.07, 6.45) is 1.04. The van der Waals surface area contributed by atoms with E-state index in [1.54, 1.807) is 4.90 Å². The van der Waals surface area contributed by atoms with Crippen LogP contribution in [-0.2, 0) is 6.42 Å². The van der Waals surface area contributed by atoms with E-state index in [0.717, 1.165) is 18.5 Å². The Balaban J connectivity index is 1.94. The average Bonchev–Trinajstić information content (AvgIpc) is 2.90. The second-order valence-corrected chi connectivity index (χ2v) is 6.33. The Hall–Kier alpha value is -2.04. The molecule has 0 radical (unpaired) electrons. The fraction of sp³-hybridized carbons (Fsp3) is 0.500. The zero-order valence-corrected chi connectivity index (χ0v) is 12.8. The van der Waals surface area contributed by atoms with Gasteiger partial charge in [0.05, 0.1) is 0 Å². The molecule has 21 heavy (non-hydrogen) atoms. The average molecular weight is 286 g/mol. The highest BCUT2D eigenvalue weighted by Crippen LogP contribution is 2.33. The topological polar surface area (TPSA) is 61.9 Å². The quantitative estimate of drug-likeness (QED) is 0.926.